The number of carbonyl (C=O) groups is 1. The molecular formula is C26H28F2N4O5S. The van der Waals surface area contributed by atoms with Crippen LogP contribution in [0.25, 0.3) is 11.4 Å². The summed E-state index contributed by atoms with van der Waals surface area (Å²) in [6.45, 7) is 6.45. The number of hydrogen-bond donors (Lipinski definition) is 0. The Hall–Kier alpha value is -3.64. The Balaban J connectivity index is 1.72. The zero-order chi connectivity index (χ0) is 27.7. The molecule has 1 atom stereocenters. The summed E-state index contributed by atoms with van der Waals surface area (Å²) in [5, 5.41) is -0.434. The second-order valence-corrected chi connectivity index (χ2v) is 12.0. The van der Waals surface area contributed by atoms with E-state index in [4.69, 9.17) is 9.47 Å². The SMILES string of the molecule is CC1COCCN1c1cc(C(C)(C)S(C)(=O)=O)nc(-c2ccc(N(F)C(=O)Oc3ccccc3)c(F)c2)n1. The van der Waals surface area contributed by atoms with Gasteiger partial charge in [-0.15, -0.1) is 5.12 Å². The van der Waals surface area contributed by atoms with E-state index in [2.05, 4.69) is 9.97 Å². The number of hydrogen-bond acceptors (Lipinski definition) is 8. The van der Waals surface area contributed by atoms with Crippen LogP contribution in [0.5, 0.6) is 5.75 Å². The van der Waals surface area contributed by atoms with Gasteiger partial charge in [0.25, 0.3) is 0 Å². The van der Waals surface area contributed by atoms with Gasteiger partial charge in [-0.25, -0.2) is 27.6 Å². The Morgan fingerprint density at radius 1 is 1.16 bits per heavy atom. The fourth-order valence-electron chi connectivity index (χ4n) is 3.81. The van der Waals surface area contributed by atoms with Crippen LogP contribution in [0.4, 0.5) is 25.2 Å². The van der Waals surface area contributed by atoms with Gasteiger partial charge in [0.15, 0.2) is 21.5 Å². The Labute approximate surface area is 219 Å². The summed E-state index contributed by atoms with van der Waals surface area (Å²) in [5.41, 5.74) is -0.268. The molecule has 1 aliphatic rings. The first-order chi connectivity index (χ1) is 17.9. The smallest absolute Gasteiger partial charge is 0.408 e. The highest BCUT2D eigenvalue weighted by atomic mass is 32.2. The highest BCUT2D eigenvalue weighted by molar-refractivity contribution is 7.91. The third-order valence-corrected chi connectivity index (χ3v) is 8.51. The van der Waals surface area contributed by atoms with Crippen molar-refractivity contribution in [1.82, 2.24) is 9.97 Å². The van der Waals surface area contributed by atoms with Crippen LogP contribution >= 0.6 is 0 Å². The lowest BCUT2D eigenvalue weighted by molar-refractivity contribution is 0.0985. The number of morpholine rings is 1. The second-order valence-electron chi connectivity index (χ2n) is 9.46. The third-order valence-electron chi connectivity index (χ3n) is 6.44. The third kappa shape index (κ3) is 5.60. The predicted octanol–water partition coefficient (Wildman–Crippen LogP) is 4.68. The molecule has 38 heavy (non-hydrogen) atoms. The molecule has 1 aromatic heterocycles. The van der Waals surface area contributed by atoms with E-state index >= 15 is 4.39 Å². The largest absolute Gasteiger partial charge is 0.448 e. The van der Waals surface area contributed by atoms with Crippen molar-refractivity contribution in [1.29, 1.82) is 0 Å². The minimum Gasteiger partial charge on any atom is -0.408 e. The van der Waals surface area contributed by atoms with Crippen LogP contribution in [0, 0.1) is 5.82 Å². The molecule has 2 aromatic carbocycles. The Morgan fingerprint density at radius 2 is 1.87 bits per heavy atom. The Bertz CT molecular complexity index is 1440. The van der Waals surface area contributed by atoms with Gasteiger partial charge in [0.05, 0.1) is 24.9 Å². The first-order valence-electron chi connectivity index (χ1n) is 11.8. The molecule has 4 rings (SSSR count). The fourth-order valence-corrected chi connectivity index (χ4v) is 4.29. The normalized spacial score (nSPS) is 16.3. The van der Waals surface area contributed by atoms with Gasteiger partial charge in [-0.2, -0.15) is 0 Å². The van der Waals surface area contributed by atoms with Crippen LogP contribution in [0.1, 0.15) is 26.5 Å². The number of para-hydroxylation sites is 1. The molecule has 202 valence electrons. The van der Waals surface area contributed by atoms with Gasteiger partial charge in [0, 0.05) is 24.4 Å². The quantitative estimate of drug-likeness (QED) is 0.411. The summed E-state index contributed by atoms with van der Waals surface area (Å²) in [6.07, 6.45) is -0.301. The minimum absolute atomic E-state index is 0.0458. The van der Waals surface area contributed by atoms with E-state index in [0.717, 1.165) is 18.4 Å². The number of anilines is 2. The molecule has 0 N–H and O–H groups in total. The van der Waals surface area contributed by atoms with Crippen molar-refractivity contribution in [3.63, 3.8) is 0 Å². The number of rotatable bonds is 6. The highest BCUT2D eigenvalue weighted by Crippen LogP contribution is 2.33. The number of amides is 1. The van der Waals surface area contributed by atoms with E-state index in [9.17, 15) is 17.7 Å². The summed E-state index contributed by atoms with van der Waals surface area (Å²) >= 11 is 0. The molecule has 1 fully saturated rings. The van der Waals surface area contributed by atoms with Crippen molar-refractivity contribution < 1.29 is 31.6 Å². The standard InChI is InChI=1S/C26H28F2N4O5S/c1-17-16-36-13-12-31(17)23-15-22(26(2,3)38(4,34)35)29-24(30-23)18-10-11-21(20(27)14-18)32(28)25(33)37-19-8-6-5-7-9-19/h5-11,14-15,17H,12-13,16H2,1-4H3. The van der Waals surface area contributed by atoms with Crippen LogP contribution in [0.15, 0.2) is 54.6 Å². The van der Waals surface area contributed by atoms with Crippen LogP contribution in [0.2, 0.25) is 0 Å². The average molecular weight is 547 g/mol. The van der Waals surface area contributed by atoms with Crippen LogP contribution in [-0.2, 0) is 19.3 Å². The molecule has 0 radical (unpaired) electrons. The predicted molar refractivity (Wildman–Crippen MR) is 139 cm³/mol. The Kier molecular flexibility index (Phi) is 7.65. The topological polar surface area (TPSA) is 102 Å². The molecule has 0 saturated carbocycles. The number of carbonyl (C=O) groups excluding carboxylic acids is 1. The summed E-state index contributed by atoms with van der Waals surface area (Å²) < 4.78 is 64.0. The van der Waals surface area contributed by atoms with Gasteiger partial charge in [-0.1, -0.05) is 22.7 Å². The second kappa shape index (κ2) is 10.6. The lowest BCUT2D eigenvalue weighted by Crippen LogP contribution is -2.44. The van der Waals surface area contributed by atoms with Gasteiger partial charge in [0.2, 0.25) is 0 Å². The zero-order valence-corrected chi connectivity index (χ0v) is 22.2. The van der Waals surface area contributed by atoms with Crippen LogP contribution < -0.4 is 14.8 Å². The molecule has 2 heterocycles. The lowest BCUT2D eigenvalue weighted by atomic mass is 10.1. The molecule has 9 nitrogen and oxygen atoms in total. The molecule has 1 amide bonds. The molecule has 1 saturated heterocycles. The van der Waals surface area contributed by atoms with Gasteiger partial charge in [-0.3, -0.25) is 0 Å². The highest BCUT2D eigenvalue weighted by Gasteiger charge is 2.36. The van der Waals surface area contributed by atoms with Crippen molar-refractivity contribution in [2.75, 3.05) is 36.0 Å². The van der Waals surface area contributed by atoms with Crippen LogP contribution in [-0.4, -0.2) is 56.5 Å². The van der Waals surface area contributed by atoms with Gasteiger partial charge in [0.1, 0.15) is 22.0 Å². The number of sulfone groups is 1. The monoisotopic (exact) mass is 546 g/mol. The maximum absolute atomic E-state index is 15.1. The first kappa shape index (κ1) is 27.4. The molecular weight excluding hydrogens is 518 g/mol. The van der Waals surface area contributed by atoms with Crippen molar-refractivity contribution in [3.05, 3.63) is 66.1 Å². The number of nitrogens with zero attached hydrogens (tertiary/aromatic N) is 4. The van der Waals surface area contributed by atoms with E-state index in [1.54, 1.807) is 24.3 Å². The average Bonchev–Trinajstić information content (AvgIpc) is 2.88. The van der Waals surface area contributed by atoms with E-state index in [1.807, 2.05) is 11.8 Å². The van der Waals surface area contributed by atoms with Crippen molar-refractivity contribution in [2.45, 2.75) is 31.6 Å². The van der Waals surface area contributed by atoms with E-state index < -0.39 is 37.3 Å². The Morgan fingerprint density at radius 3 is 2.50 bits per heavy atom. The van der Waals surface area contributed by atoms with E-state index in [-0.39, 0.29) is 28.9 Å². The van der Waals surface area contributed by atoms with Gasteiger partial charge in [-0.05, 0) is 51.1 Å². The molecule has 1 aliphatic heterocycles. The van der Waals surface area contributed by atoms with Crippen LogP contribution in [0.3, 0.4) is 0 Å². The van der Waals surface area contributed by atoms with E-state index in [1.165, 1.54) is 32.0 Å². The lowest BCUT2D eigenvalue weighted by Gasteiger charge is -2.35. The molecule has 0 bridgehead atoms. The maximum Gasteiger partial charge on any atom is 0.448 e. The van der Waals surface area contributed by atoms with Crippen molar-refractivity contribution in [2.24, 2.45) is 0 Å². The number of aromatic nitrogens is 2. The van der Waals surface area contributed by atoms with Gasteiger partial charge >= 0.3 is 6.09 Å². The van der Waals surface area contributed by atoms with Gasteiger partial charge < -0.3 is 14.4 Å². The summed E-state index contributed by atoms with van der Waals surface area (Å²) in [4.78, 5) is 23.2. The van der Waals surface area contributed by atoms with Crippen molar-refractivity contribution >= 4 is 27.4 Å². The molecule has 1 unspecified atom stereocenters. The fraction of sp³-hybridized carbons (Fsp3) is 0.346. The summed E-state index contributed by atoms with van der Waals surface area (Å²) in [6, 6.07) is 12.8. The van der Waals surface area contributed by atoms with Crippen molar-refractivity contribution in [3.8, 4) is 17.1 Å². The van der Waals surface area contributed by atoms with E-state index in [0.29, 0.717) is 25.6 Å². The minimum atomic E-state index is -3.59. The molecule has 0 aliphatic carbocycles. The molecule has 0 spiro atoms. The number of halogens is 2. The molecule has 3 aromatic rings. The molecule has 12 heteroatoms. The number of benzene rings is 2. The maximum atomic E-state index is 15.1. The number of ether oxygens (including phenoxy) is 2. The summed E-state index contributed by atoms with van der Waals surface area (Å²) in [7, 11) is -3.59. The zero-order valence-electron chi connectivity index (χ0n) is 21.4. The summed E-state index contributed by atoms with van der Waals surface area (Å²) in [5.74, 6) is -0.454. The first-order valence-corrected chi connectivity index (χ1v) is 13.7.